The molecule has 31 heavy (non-hydrogen) atoms. The number of aliphatic imine (C=N–C) groups is 1. The summed E-state index contributed by atoms with van der Waals surface area (Å²) in [6, 6.07) is 16.4. The van der Waals surface area contributed by atoms with E-state index in [0.717, 1.165) is 28.4 Å². The number of hydrogen-bond acceptors (Lipinski definition) is 3. The minimum atomic E-state index is -1.35. The van der Waals surface area contributed by atoms with E-state index in [-0.39, 0.29) is 11.7 Å². The van der Waals surface area contributed by atoms with Gasteiger partial charge in [-0.05, 0) is 49.7 Å². The fraction of sp³-hybridized carbons (Fsp3) is 0.174. The minimum absolute atomic E-state index is 0.0749. The number of carbonyl (C=O) groups excluding carboxylic acids is 1. The maximum Gasteiger partial charge on any atom is 0.433 e. The van der Waals surface area contributed by atoms with E-state index in [1.165, 1.54) is 0 Å². The Bertz CT molecular complexity index is 1130. The van der Waals surface area contributed by atoms with E-state index in [1.807, 2.05) is 48.7 Å². The highest BCUT2D eigenvalue weighted by molar-refractivity contribution is 6.02. The van der Waals surface area contributed by atoms with E-state index >= 15 is 0 Å². The van der Waals surface area contributed by atoms with E-state index in [9.17, 15) is 9.59 Å². The highest BCUT2D eigenvalue weighted by atomic mass is 16.5. The SMILES string of the molecule is COc1ccc(-n2c(C)cc(C(=O)NCc3ccc(C(N)=NC(=O)O)cc3)c2C)cc1. The summed E-state index contributed by atoms with van der Waals surface area (Å²) in [5, 5.41) is 11.6. The summed E-state index contributed by atoms with van der Waals surface area (Å²) in [7, 11) is 1.62. The molecular weight excluding hydrogens is 396 g/mol. The number of carbonyl (C=O) groups is 2. The summed E-state index contributed by atoms with van der Waals surface area (Å²) in [4.78, 5) is 26.7. The highest BCUT2D eigenvalue weighted by Gasteiger charge is 2.16. The van der Waals surface area contributed by atoms with Crippen LogP contribution >= 0.6 is 0 Å². The second kappa shape index (κ2) is 9.17. The van der Waals surface area contributed by atoms with Crippen molar-refractivity contribution in [1.82, 2.24) is 9.88 Å². The molecule has 0 aliphatic rings. The van der Waals surface area contributed by atoms with Gasteiger partial charge in [0.1, 0.15) is 11.6 Å². The first-order chi connectivity index (χ1) is 14.8. The number of amides is 2. The van der Waals surface area contributed by atoms with Crippen molar-refractivity contribution in [3.8, 4) is 11.4 Å². The zero-order valence-corrected chi connectivity index (χ0v) is 17.5. The Morgan fingerprint density at radius 1 is 1.10 bits per heavy atom. The predicted molar refractivity (Wildman–Crippen MR) is 118 cm³/mol. The van der Waals surface area contributed by atoms with Gasteiger partial charge in [-0.2, -0.15) is 4.99 Å². The molecule has 4 N–H and O–H groups in total. The number of ether oxygens (including phenoxy) is 1. The number of benzene rings is 2. The molecule has 0 atom stereocenters. The fourth-order valence-electron chi connectivity index (χ4n) is 3.36. The molecule has 3 aromatic rings. The summed E-state index contributed by atoms with van der Waals surface area (Å²) in [6.45, 7) is 4.18. The van der Waals surface area contributed by atoms with Crippen LogP contribution in [0.25, 0.3) is 5.69 Å². The van der Waals surface area contributed by atoms with Crippen molar-refractivity contribution in [2.75, 3.05) is 7.11 Å². The van der Waals surface area contributed by atoms with E-state index in [2.05, 4.69) is 10.3 Å². The van der Waals surface area contributed by atoms with Crippen LogP contribution in [0.4, 0.5) is 4.79 Å². The zero-order chi connectivity index (χ0) is 22.5. The van der Waals surface area contributed by atoms with E-state index in [0.29, 0.717) is 17.7 Å². The molecular formula is C23H24N4O4. The molecule has 1 heterocycles. The van der Waals surface area contributed by atoms with Gasteiger partial charge in [0.05, 0.1) is 12.7 Å². The molecule has 0 bridgehead atoms. The van der Waals surface area contributed by atoms with Crippen LogP contribution in [-0.4, -0.2) is 34.6 Å². The van der Waals surface area contributed by atoms with Crippen LogP contribution < -0.4 is 15.8 Å². The summed E-state index contributed by atoms with van der Waals surface area (Å²) in [5.41, 5.74) is 10.3. The number of nitrogens with one attached hydrogen (secondary N) is 1. The van der Waals surface area contributed by atoms with Gasteiger partial charge in [0, 0.05) is 29.2 Å². The normalized spacial score (nSPS) is 11.3. The van der Waals surface area contributed by atoms with Gasteiger partial charge in [-0.1, -0.05) is 24.3 Å². The average Bonchev–Trinajstić information content (AvgIpc) is 3.06. The van der Waals surface area contributed by atoms with Crippen molar-refractivity contribution < 1.29 is 19.4 Å². The second-order valence-electron chi connectivity index (χ2n) is 6.98. The molecule has 0 radical (unpaired) electrons. The van der Waals surface area contributed by atoms with Crippen molar-refractivity contribution in [2.24, 2.45) is 10.7 Å². The quantitative estimate of drug-likeness (QED) is 0.417. The largest absolute Gasteiger partial charge is 0.497 e. The molecule has 2 aromatic carbocycles. The lowest BCUT2D eigenvalue weighted by molar-refractivity contribution is 0.0950. The van der Waals surface area contributed by atoms with Gasteiger partial charge >= 0.3 is 6.09 Å². The third-order valence-corrected chi connectivity index (χ3v) is 4.93. The first kappa shape index (κ1) is 21.6. The zero-order valence-electron chi connectivity index (χ0n) is 17.5. The van der Waals surface area contributed by atoms with E-state index in [1.54, 1.807) is 31.4 Å². The van der Waals surface area contributed by atoms with Gasteiger partial charge in [-0.3, -0.25) is 4.79 Å². The molecule has 8 nitrogen and oxygen atoms in total. The lowest BCUT2D eigenvalue weighted by Crippen LogP contribution is -2.23. The molecule has 8 heteroatoms. The van der Waals surface area contributed by atoms with Crippen LogP contribution in [0.2, 0.25) is 0 Å². The number of amidine groups is 1. The maximum atomic E-state index is 12.8. The second-order valence-corrected chi connectivity index (χ2v) is 6.98. The topological polar surface area (TPSA) is 119 Å². The molecule has 0 spiro atoms. The molecule has 0 unspecified atom stereocenters. The number of hydrogen-bond donors (Lipinski definition) is 3. The molecule has 0 aliphatic carbocycles. The van der Waals surface area contributed by atoms with Gasteiger partial charge < -0.3 is 25.5 Å². The smallest absolute Gasteiger partial charge is 0.433 e. The number of nitrogens with zero attached hydrogens (tertiary/aromatic N) is 2. The van der Waals surface area contributed by atoms with Gasteiger partial charge in [0.15, 0.2) is 0 Å². The molecule has 3 rings (SSSR count). The summed E-state index contributed by atoms with van der Waals surface area (Å²) in [5.74, 6) is 0.518. The average molecular weight is 420 g/mol. The van der Waals surface area contributed by atoms with E-state index in [4.69, 9.17) is 15.6 Å². The first-order valence-electron chi connectivity index (χ1n) is 9.58. The Labute approximate surface area is 180 Å². The van der Waals surface area contributed by atoms with Crippen molar-refractivity contribution in [3.05, 3.63) is 82.7 Å². The number of carboxylic acid groups (broad SMARTS) is 1. The van der Waals surface area contributed by atoms with Gasteiger partial charge in [0.2, 0.25) is 0 Å². The molecule has 2 amide bonds. The van der Waals surface area contributed by atoms with E-state index < -0.39 is 6.09 Å². The summed E-state index contributed by atoms with van der Waals surface area (Å²) in [6.07, 6.45) is -1.35. The number of aromatic nitrogens is 1. The van der Waals surface area contributed by atoms with Gasteiger partial charge in [-0.15, -0.1) is 0 Å². The Kier molecular flexibility index (Phi) is 6.40. The standard InChI is InChI=1S/C23H24N4O4/c1-14-12-20(15(2)27(14)18-8-10-19(31-3)11-9-18)22(28)25-13-16-4-6-17(7-5-16)21(24)26-23(29)30/h4-12H,13H2,1-3H3,(H2,24,26)(H,25,28)(H,29,30). The third-order valence-electron chi connectivity index (χ3n) is 4.93. The van der Waals surface area contributed by atoms with Crippen molar-refractivity contribution >= 4 is 17.8 Å². The predicted octanol–water partition coefficient (Wildman–Crippen LogP) is 3.42. The monoisotopic (exact) mass is 420 g/mol. The lowest BCUT2D eigenvalue weighted by Gasteiger charge is -2.11. The molecule has 0 saturated heterocycles. The summed E-state index contributed by atoms with van der Waals surface area (Å²) >= 11 is 0. The fourth-order valence-corrected chi connectivity index (χ4v) is 3.36. The van der Waals surface area contributed by atoms with Crippen molar-refractivity contribution in [2.45, 2.75) is 20.4 Å². The van der Waals surface area contributed by atoms with Crippen LogP contribution in [0.15, 0.2) is 59.6 Å². The number of rotatable bonds is 6. The molecule has 0 saturated carbocycles. The molecule has 160 valence electrons. The molecule has 0 aliphatic heterocycles. The maximum absolute atomic E-state index is 12.8. The Morgan fingerprint density at radius 3 is 2.32 bits per heavy atom. The number of methoxy groups -OCH3 is 1. The van der Waals surface area contributed by atoms with Crippen LogP contribution in [-0.2, 0) is 6.54 Å². The van der Waals surface area contributed by atoms with Crippen LogP contribution in [0.1, 0.15) is 32.9 Å². The minimum Gasteiger partial charge on any atom is -0.497 e. The Hall–Kier alpha value is -4.07. The Balaban J connectivity index is 1.72. The Morgan fingerprint density at radius 2 is 1.74 bits per heavy atom. The summed E-state index contributed by atoms with van der Waals surface area (Å²) < 4.78 is 7.23. The highest BCUT2D eigenvalue weighted by Crippen LogP contribution is 2.23. The van der Waals surface area contributed by atoms with Crippen molar-refractivity contribution in [3.63, 3.8) is 0 Å². The van der Waals surface area contributed by atoms with Crippen LogP contribution in [0, 0.1) is 13.8 Å². The lowest BCUT2D eigenvalue weighted by atomic mass is 10.1. The van der Waals surface area contributed by atoms with Gasteiger partial charge in [-0.25, -0.2) is 4.79 Å². The third kappa shape index (κ3) is 4.92. The van der Waals surface area contributed by atoms with Crippen molar-refractivity contribution in [1.29, 1.82) is 0 Å². The molecule has 0 fully saturated rings. The van der Waals surface area contributed by atoms with Gasteiger partial charge in [0.25, 0.3) is 5.91 Å². The van der Waals surface area contributed by atoms with Crippen LogP contribution in [0.5, 0.6) is 5.75 Å². The number of nitrogens with two attached hydrogens (primary N) is 1. The number of aryl methyl sites for hydroxylation is 1. The first-order valence-corrected chi connectivity index (χ1v) is 9.58. The molecule has 1 aromatic heterocycles. The van der Waals surface area contributed by atoms with Crippen LogP contribution in [0.3, 0.4) is 0 Å².